The van der Waals surface area contributed by atoms with Crippen LogP contribution in [0.5, 0.6) is 28.7 Å². The summed E-state index contributed by atoms with van der Waals surface area (Å²) in [6, 6.07) is 5.87. The molecule has 242 valence electrons. The van der Waals surface area contributed by atoms with Gasteiger partial charge >= 0.3 is 0 Å². The summed E-state index contributed by atoms with van der Waals surface area (Å²) in [6.07, 6.45) is -0.410. The molecule has 1 spiro atoms. The Morgan fingerprint density at radius 3 is 2.44 bits per heavy atom. The van der Waals surface area contributed by atoms with Gasteiger partial charge in [-0.25, -0.2) is 0 Å². The smallest absolute Gasteiger partial charge is 0.231 e. The number of amides is 1. The highest BCUT2D eigenvalue weighted by Crippen LogP contribution is 2.56. The Kier molecular flexibility index (Phi) is 9.47. The Hall–Kier alpha value is -4.00. The van der Waals surface area contributed by atoms with E-state index < -0.39 is 34.8 Å². The molecule has 1 fully saturated rings. The standard InChI is InChI=1S/C32H37ClN2O10/c1-17-13-21(37)26(30(39)32(17)31(40)27-23(42-3)16-24(43-4)28(33)29(27)45-32)19(18-5-6-20(36)22(14-18)41-2)15-25(38)34-7-8-35-9-11-44-12-10-35/h5-6,14,16-17,19,36,39H,7-13,15H2,1-4H3,(H,34,38). The van der Waals surface area contributed by atoms with E-state index >= 15 is 0 Å². The molecule has 2 aromatic carbocycles. The van der Waals surface area contributed by atoms with Crippen LogP contribution in [0.1, 0.15) is 41.6 Å². The zero-order chi connectivity index (χ0) is 32.5. The molecular weight excluding hydrogens is 608 g/mol. The van der Waals surface area contributed by atoms with Crippen LogP contribution in [0.4, 0.5) is 0 Å². The van der Waals surface area contributed by atoms with Crippen molar-refractivity contribution in [1.82, 2.24) is 10.2 Å². The molecular formula is C32H37ClN2O10. The van der Waals surface area contributed by atoms with Crippen LogP contribution in [-0.4, -0.2) is 98.9 Å². The van der Waals surface area contributed by atoms with Gasteiger partial charge in [-0.05, 0) is 17.7 Å². The Morgan fingerprint density at radius 2 is 1.78 bits per heavy atom. The summed E-state index contributed by atoms with van der Waals surface area (Å²) in [6.45, 7) is 5.39. The predicted molar refractivity (Wildman–Crippen MR) is 163 cm³/mol. The molecule has 2 aliphatic heterocycles. The van der Waals surface area contributed by atoms with Gasteiger partial charge in [0.05, 0.1) is 34.5 Å². The number of ether oxygens (including phenoxy) is 5. The lowest BCUT2D eigenvalue weighted by Gasteiger charge is -2.38. The lowest BCUT2D eigenvalue weighted by atomic mass is 9.69. The number of hydrogen-bond donors (Lipinski definition) is 3. The fourth-order valence-corrected chi connectivity index (χ4v) is 6.54. The summed E-state index contributed by atoms with van der Waals surface area (Å²) in [7, 11) is 4.15. The molecule has 3 atom stereocenters. The van der Waals surface area contributed by atoms with Crippen molar-refractivity contribution in [1.29, 1.82) is 0 Å². The minimum absolute atomic E-state index is 0.0106. The van der Waals surface area contributed by atoms with Gasteiger partial charge in [-0.1, -0.05) is 24.6 Å². The van der Waals surface area contributed by atoms with Crippen molar-refractivity contribution in [2.24, 2.45) is 5.92 Å². The fourth-order valence-electron chi connectivity index (χ4n) is 6.27. The van der Waals surface area contributed by atoms with Crippen LogP contribution in [-0.2, 0) is 14.3 Å². The minimum atomic E-state index is -2.01. The first-order valence-electron chi connectivity index (χ1n) is 14.7. The number of Topliss-reactive ketones (excluding diaryl/α,β-unsaturated/α-hetero) is 2. The number of allylic oxidation sites excluding steroid dienone is 1. The zero-order valence-corrected chi connectivity index (χ0v) is 26.4. The van der Waals surface area contributed by atoms with Crippen molar-refractivity contribution in [3.8, 4) is 28.7 Å². The van der Waals surface area contributed by atoms with E-state index in [4.69, 9.17) is 35.3 Å². The number of nitrogens with zero attached hydrogens (tertiary/aromatic N) is 1. The van der Waals surface area contributed by atoms with Crippen LogP contribution in [0, 0.1) is 5.92 Å². The summed E-state index contributed by atoms with van der Waals surface area (Å²) in [5, 5.41) is 25.2. The highest BCUT2D eigenvalue weighted by atomic mass is 35.5. The van der Waals surface area contributed by atoms with E-state index in [1.165, 1.54) is 39.5 Å². The lowest BCUT2D eigenvalue weighted by molar-refractivity contribution is -0.122. The maximum Gasteiger partial charge on any atom is 0.231 e. The number of halogens is 1. The molecule has 0 bridgehead atoms. The molecule has 3 N–H and O–H groups in total. The normalized spacial score (nSPS) is 22.2. The monoisotopic (exact) mass is 644 g/mol. The third-order valence-corrected chi connectivity index (χ3v) is 9.07. The average Bonchev–Trinajstić information content (AvgIpc) is 3.35. The molecule has 1 saturated heterocycles. The molecule has 2 aromatic rings. The van der Waals surface area contributed by atoms with Crippen LogP contribution in [0.3, 0.4) is 0 Å². The average molecular weight is 645 g/mol. The SMILES string of the molecule is COc1cc(C(CC(=O)NCCN2CCOCC2)C2=C(O)C3(Oc4c(Cl)c(OC)cc(OC)c4C3=O)C(C)CC2=O)ccc1O. The minimum Gasteiger partial charge on any atom is -0.507 e. The molecule has 1 aliphatic carbocycles. The summed E-state index contributed by atoms with van der Waals surface area (Å²) < 4.78 is 27.7. The molecule has 0 radical (unpaired) electrons. The number of rotatable bonds is 10. The number of aliphatic hydroxyl groups is 1. The van der Waals surface area contributed by atoms with Gasteiger partial charge in [0.25, 0.3) is 0 Å². The van der Waals surface area contributed by atoms with E-state index in [9.17, 15) is 24.6 Å². The van der Waals surface area contributed by atoms with Crippen LogP contribution in [0.2, 0.25) is 5.02 Å². The third kappa shape index (κ3) is 5.78. The largest absolute Gasteiger partial charge is 0.507 e. The van der Waals surface area contributed by atoms with Gasteiger partial charge in [0, 0.05) is 62.5 Å². The molecule has 12 nitrogen and oxygen atoms in total. The molecule has 13 heteroatoms. The van der Waals surface area contributed by atoms with E-state index in [0.717, 1.165) is 13.1 Å². The van der Waals surface area contributed by atoms with Crippen molar-refractivity contribution >= 4 is 29.1 Å². The molecule has 0 aromatic heterocycles. The number of phenols is 1. The molecule has 2 heterocycles. The second-order valence-corrected chi connectivity index (χ2v) is 11.6. The van der Waals surface area contributed by atoms with Gasteiger partial charge in [-0.2, -0.15) is 0 Å². The van der Waals surface area contributed by atoms with Gasteiger partial charge in [0.15, 0.2) is 28.8 Å². The number of carbonyl (C=O) groups is 3. The number of aromatic hydroxyl groups is 1. The number of aliphatic hydroxyl groups excluding tert-OH is 1. The topological polar surface area (TPSA) is 153 Å². The third-order valence-electron chi connectivity index (χ3n) is 8.71. The van der Waals surface area contributed by atoms with Gasteiger partial charge in [-0.3, -0.25) is 19.3 Å². The van der Waals surface area contributed by atoms with Crippen molar-refractivity contribution in [2.45, 2.75) is 31.3 Å². The fraction of sp³-hybridized carbons (Fsp3) is 0.469. The van der Waals surface area contributed by atoms with Crippen LogP contribution >= 0.6 is 11.6 Å². The van der Waals surface area contributed by atoms with Crippen LogP contribution in [0.15, 0.2) is 35.6 Å². The number of ketones is 2. The summed E-state index contributed by atoms with van der Waals surface area (Å²) >= 11 is 6.57. The van der Waals surface area contributed by atoms with Crippen molar-refractivity contribution in [2.75, 3.05) is 60.7 Å². The number of hydrogen-bond acceptors (Lipinski definition) is 11. The zero-order valence-electron chi connectivity index (χ0n) is 25.6. The number of methoxy groups -OCH3 is 3. The van der Waals surface area contributed by atoms with Crippen molar-refractivity contribution in [3.63, 3.8) is 0 Å². The quantitative estimate of drug-likeness (QED) is 0.349. The Bertz CT molecular complexity index is 1540. The number of fused-ring (bicyclic) bond motifs is 1. The first kappa shape index (κ1) is 32.4. The molecule has 1 amide bonds. The van der Waals surface area contributed by atoms with Gasteiger partial charge < -0.3 is 39.2 Å². The summed E-state index contributed by atoms with van der Waals surface area (Å²) in [5.74, 6) is -3.64. The maximum absolute atomic E-state index is 14.2. The maximum atomic E-state index is 14.2. The van der Waals surface area contributed by atoms with Crippen LogP contribution < -0.4 is 24.3 Å². The van der Waals surface area contributed by atoms with Crippen molar-refractivity contribution in [3.05, 3.63) is 51.7 Å². The van der Waals surface area contributed by atoms with E-state index in [-0.39, 0.29) is 63.7 Å². The number of nitrogens with one attached hydrogen (secondary N) is 1. The molecule has 0 saturated carbocycles. The van der Waals surface area contributed by atoms with E-state index in [1.807, 2.05) is 0 Å². The van der Waals surface area contributed by atoms with Crippen LogP contribution in [0.25, 0.3) is 0 Å². The first-order chi connectivity index (χ1) is 21.6. The predicted octanol–water partition coefficient (Wildman–Crippen LogP) is 3.43. The highest BCUT2D eigenvalue weighted by molar-refractivity contribution is 6.35. The lowest BCUT2D eigenvalue weighted by Crippen LogP contribution is -2.53. The number of benzene rings is 2. The Morgan fingerprint density at radius 1 is 1.09 bits per heavy atom. The second-order valence-electron chi connectivity index (χ2n) is 11.2. The number of carbonyl (C=O) groups excluding carboxylic acids is 3. The van der Waals surface area contributed by atoms with E-state index in [1.54, 1.807) is 13.0 Å². The Balaban J connectivity index is 1.56. The number of morpholine rings is 1. The van der Waals surface area contributed by atoms with Gasteiger partial charge in [0.2, 0.25) is 17.3 Å². The Labute approximate surface area is 265 Å². The van der Waals surface area contributed by atoms with Gasteiger partial charge in [0.1, 0.15) is 22.1 Å². The molecule has 5 rings (SSSR count). The molecule has 3 unspecified atom stereocenters. The molecule has 45 heavy (non-hydrogen) atoms. The van der Waals surface area contributed by atoms with E-state index in [0.29, 0.717) is 31.9 Å². The highest BCUT2D eigenvalue weighted by Gasteiger charge is 2.61. The van der Waals surface area contributed by atoms with Gasteiger partial charge in [-0.15, -0.1) is 0 Å². The first-order valence-corrected chi connectivity index (χ1v) is 15.0. The molecule has 3 aliphatic rings. The van der Waals surface area contributed by atoms with E-state index in [2.05, 4.69) is 10.2 Å². The van der Waals surface area contributed by atoms with Crippen molar-refractivity contribution < 1.29 is 48.3 Å². The summed E-state index contributed by atoms with van der Waals surface area (Å²) in [5.41, 5.74) is -1.74. The number of phenolic OH excluding ortho intramolecular Hbond substituents is 1. The summed E-state index contributed by atoms with van der Waals surface area (Å²) in [4.78, 5) is 43.6. The second kappa shape index (κ2) is 13.2.